The largest absolute Gasteiger partial charge is 0.493 e. The van der Waals surface area contributed by atoms with E-state index in [0.29, 0.717) is 23.0 Å². The van der Waals surface area contributed by atoms with Crippen LogP contribution in [0.3, 0.4) is 0 Å². The maximum Gasteiger partial charge on any atom is 0.300 e. The Hall–Kier alpha value is -2.78. The summed E-state index contributed by atoms with van der Waals surface area (Å²) >= 11 is 4.60. The van der Waals surface area contributed by atoms with Gasteiger partial charge in [0, 0.05) is 6.92 Å². The van der Waals surface area contributed by atoms with E-state index in [1.54, 1.807) is 19.3 Å². The number of carbonyl (C=O) groups is 2. The van der Waals surface area contributed by atoms with Gasteiger partial charge in [-0.1, -0.05) is 30.3 Å². The van der Waals surface area contributed by atoms with Crippen LogP contribution in [0.25, 0.3) is 6.08 Å². The first-order valence-corrected chi connectivity index (χ1v) is 9.94. The molecule has 29 heavy (non-hydrogen) atoms. The van der Waals surface area contributed by atoms with Crippen molar-refractivity contribution in [3.63, 3.8) is 0 Å². The fourth-order valence-electron chi connectivity index (χ4n) is 2.29. The Labute approximate surface area is 180 Å². The van der Waals surface area contributed by atoms with Crippen molar-refractivity contribution in [2.75, 3.05) is 7.11 Å². The molecular formula is C20H19BrN2O5S. The van der Waals surface area contributed by atoms with Crippen molar-refractivity contribution >= 4 is 50.8 Å². The van der Waals surface area contributed by atoms with Gasteiger partial charge < -0.3 is 19.9 Å². The average Bonchev–Trinajstić information content (AvgIpc) is 2.97. The first kappa shape index (κ1) is 22.5. The summed E-state index contributed by atoms with van der Waals surface area (Å²) in [4.78, 5) is 21.2. The van der Waals surface area contributed by atoms with Crippen LogP contribution >= 0.6 is 27.7 Å². The highest BCUT2D eigenvalue weighted by Crippen LogP contribution is 2.38. The Morgan fingerprint density at radius 2 is 1.97 bits per heavy atom. The van der Waals surface area contributed by atoms with Gasteiger partial charge in [0.2, 0.25) is 0 Å². The molecule has 1 aliphatic rings. The van der Waals surface area contributed by atoms with Crippen LogP contribution in [0.2, 0.25) is 0 Å². The van der Waals surface area contributed by atoms with Gasteiger partial charge in [0.25, 0.3) is 11.9 Å². The zero-order valence-electron chi connectivity index (χ0n) is 15.7. The highest BCUT2D eigenvalue weighted by Gasteiger charge is 2.22. The molecule has 0 atom stereocenters. The minimum Gasteiger partial charge on any atom is -0.493 e. The third-order valence-corrected chi connectivity index (χ3v) is 4.86. The predicted molar refractivity (Wildman–Crippen MR) is 116 cm³/mol. The van der Waals surface area contributed by atoms with Gasteiger partial charge in [-0.2, -0.15) is 0 Å². The highest BCUT2D eigenvalue weighted by molar-refractivity contribution is 9.10. The van der Waals surface area contributed by atoms with Crippen molar-refractivity contribution in [1.82, 2.24) is 5.32 Å². The van der Waals surface area contributed by atoms with E-state index in [1.807, 2.05) is 36.4 Å². The van der Waals surface area contributed by atoms with E-state index < -0.39 is 5.97 Å². The van der Waals surface area contributed by atoms with Crippen LogP contribution in [0.1, 0.15) is 18.1 Å². The molecule has 1 heterocycles. The van der Waals surface area contributed by atoms with Gasteiger partial charge >= 0.3 is 0 Å². The molecule has 1 saturated heterocycles. The van der Waals surface area contributed by atoms with E-state index in [-0.39, 0.29) is 11.1 Å². The number of hydrogen-bond acceptors (Lipinski definition) is 6. The fraction of sp³-hybridized carbons (Fsp3) is 0.150. The monoisotopic (exact) mass is 478 g/mol. The van der Waals surface area contributed by atoms with Gasteiger partial charge in [-0.15, -0.1) is 0 Å². The Morgan fingerprint density at radius 3 is 2.52 bits per heavy atom. The summed E-state index contributed by atoms with van der Waals surface area (Å²) in [7, 11) is 1.57. The number of rotatable bonds is 5. The number of ether oxygens (including phenoxy) is 2. The predicted octanol–water partition coefficient (Wildman–Crippen LogP) is 4.27. The summed E-state index contributed by atoms with van der Waals surface area (Å²) in [6.45, 7) is 1.51. The molecule has 1 fully saturated rings. The number of hydrogen-bond donors (Lipinski definition) is 3. The van der Waals surface area contributed by atoms with E-state index in [2.05, 4.69) is 21.2 Å². The van der Waals surface area contributed by atoms with Crippen molar-refractivity contribution in [3.8, 4) is 11.5 Å². The topological polar surface area (TPSA) is 109 Å². The third kappa shape index (κ3) is 6.95. The SMILES string of the molecule is CC(=O)O.COc1cc(C=C2SC(=N)NC2=O)cc(Br)c1OCc1ccccc1. The van der Waals surface area contributed by atoms with E-state index in [0.717, 1.165) is 34.3 Å². The smallest absolute Gasteiger partial charge is 0.300 e. The van der Waals surface area contributed by atoms with Crippen LogP contribution in [-0.4, -0.2) is 29.3 Å². The number of carbonyl (C=O) groups excluding carboxylic acids is 1. The van der Waals surface area contributed by atoms with E-state index >= 15 is 0 Å². The zero-order valence-corrected chi connectivity index (χ0v) is 18.1. The minimum absolute atomic E-state index is 0.130. The van der Waals surface area contributed by atoms with Crippen LogP contribution < -0.4 is 14.8 Å². The molecule has 2 aromatic carbocycles. The molecule has 0 aliphatic carbocycles. The Bertz CT molecular complexity index is 943. The summed E-state index contributed by atoms with van der Waals surface area (Å²) in [5.74, 6) is 0.0647. The number of carboxylic acid groups (broad SMARTS) is 1. The van der Waals surface area contributed by atoms with Crippen LogP contribution in [0.4, 0.5) is 0 Å². The Kier molecular flexibility index (Phi) is 8.29. The second-order valence-electron chi connectivity index (χ2n) is 5.72. The Balaban J connectivity index is 0.000000687. The molecule has 7 nitrogen and oxygen atoms in total. The van der Waals surface area contributed by atoms with Gasteiger partial charge in [-0.3, -0.25) is 15.0 Å². The van der Waals surface area contributed by atoms with Crippen molar-refractivity contribution in [2.45, 2.75) is 13.5 Å². The molecule has 0 radical (unpaired) electrons. The molecule has 0 bridgehead atoms. The van der Waals surface area contributed by atoms with Gasteiger partial charge in [-0.25, -0.2) is 0 Å². The third-order valence-electron chi connectivity index (χ3n) is 3.44. The number of amides is 1. The minimum atomic E-state index is -0.833. The lowest BCUT2D eigenvalue weighted by atomic mass is 10.2. The molecule has 0 spiro atoms. The first-order valence-electron chi connectivity index (χ1n) is 8.33. The number of halogens is 1. The van der Waals surface area contributed by atoms with Crippen LogP contribution in [0.15, 0.2) is 51.8 Å². The lowest BCUT2D eigenvalue weighted by Crippen LogP contribution is -2.18. The summed E-state index contributed by atoms with van der Waals surface area (Å²) < 4.78 is 12.1. The van der Waals surface area contributed by atoms with Gasteiger partial charge in [0.05, 0.1) is 16.5 Å². The lowest BCUT2D eigenvalue weighted by molar-refractivity contribution is -0.134. The van der Waals surface area contributed by atoms with Gasteiger partial charge in [0.1, 0.15) is 6.61 Å². The molecule has 3 N–H and O–H groups in total. The Morgan fingerprint density at radius 1 is 1.31 bits per heavy atom. The standard InChI is InChI=1S/C18H15BrN2O3S.C2H4O2/c1-23-14-8-12(9-15-17(22)21-18(20)25-15)7-13(19)16(14)24-10-11-5-3-2-4-6-11;1-2(3)4/h2-9H,10H2,1H3,(H2,20,21,22);1H3,(H,3,4). The molecule has 1 amide bonds. The van der Waals surface area contributed by atoms with E-state index in [9.17, 15) is 4.79 Å². The number of amidine groups is 1. The fourth-order valence-corrected chi connectivity index (χ4v) is 3.56. The summed E-state index contributed by atoms with van der Waals surface area (Å²) in [6, 6.07) is 13.5. The van der Waals surface area contributed by atoms with Crippen molar-refractivity contribution in [2.24, 2.45) is 0 Å². The van der Waals surface area contributed by atoms with E-state index in [4.69, 9.17) is 24.8 Å². The van der Waals surface area contributed by atoms with Gasteiger partial charge in [-0.05, 0) is 57.0 Å². The molecule has 3 rings (SSSR count). The maximum atomic E-state index is 11.7. The van der Waals surface area contributed by atoms with Crippen molar-refractivity contribution < 1.29 is 24.2 Å². The number of methoxy groups -OCH3 is 1. The molecule has 9 heteroatoms. The summed E-state index contributed by atoms with van der Waals surface area (Å²) in [5, 5.41) is 17.5. The van der Waals surface area contributed by atoms with Crippen molar-refractivity contribution in [3.05, 3.63) is 63.0 Å². The normalized spacial score (nSPS) is 14.1. The lowest BCUT2D eigenvalue weighted by Gasteiger charge is -2.13. The number of carboxylic acids is 1. The second kappa shape index (κ2) is 10.7. The van der Waals surface area contributed by atoms with Crippen molar-refractivity contribution in [1.29, 1.82) is 5.41 Å². The number of benzene rings is 2. The van der Waals surface area contributed by atoms with Crippen LogP contribution in [0.5, 0.6) is 11.5 Å². The molecule has 152 valence electrons. The quantitative estimate of drug-likeness (QED) is 0.553. The summed E-state index contributed by atoms with van der Waals surface area (Å²) in [6.07, 6.45) is 1.72. The first-order chi connectivity index (χ1) is 13.8. The van der Waals surface area contributed by atoms with E-state index in [1.165, 1.54) is 0 Å². The number of aliphatic carboxylic acids is 1. The molecule has 1 aliphatic heterocycles. The number of nitrogens with one attached hydrogen (secondary N) is 2. The molecule has 0 aromatic heterocycles. The maximum absolute atomic E-state index is 11.7. The van der Waals surface area contributed by atoms with Crippen LogP contribution in [-0.2, 0) is 16.2 Å². The summed E-state index contributed by atoms with van der Waals surface area (Å²) in [5.41, 5.74) is 1.84. The van der Waals surface area contributed by atoms with Gasteiger partial charge in [0.15, 0.2) is 16.7 Å². The molecule has 2 aromatic rings. The molecule has 0 unspecified atom stereocenters. The molecular weight excluding hydrogens is 460 g/mol. The molecule has 0 saturated carbocycles. The van der Waals surface area contributed by atoms with Crippen LogP contribution in [0, 0.1) is 5.41 Å². The number of thioether (sulfide) groups is 1. The second-order valence-corrected chi connectivity index (χ2v) is 7.63. The average molecular weight is 479 g/mol. The highest BCUT2D eigenvalue weighted by atomic mass is 79.9. The zero-order chi connectivity index (χ0) is 21.4.